The van der Waals surface area contributed by atoms with E-state index >= 15 is 0 Å². The normalized spacial score (nSPS) is 10.7. The second-order valence-electron chi connectivity index (χ2n) is 12.6. The molecule has 0 aliphatic rings. The second kappa shape index (κ2) is 12.8. The summed E-state index contributed by atoms with van der Waals surface area (Å²) < 4.78 is 2.27. The maximum absolute atomic E-state index is 11.0. The number of hydrogen-bond donors (Lipinski definition) is 0. The first-order chi connectivity index (χ1) is 22.5. The Morgan fingerprint density at radius 1 is 0.596 bits per heavy atom. The lowest BCUT2D eigenvalue weighted by Crippen LogP contribution is -2.16. The lowest BCUT2D eigenvalue weighted by Gasteiger charge is -2.11. The summed E-state index contributed by atoms with van der Waals surface area (Å²) in [5, 5.41) is 13.2. The van der Waals surface area contributed by atoms with Gasteiger partial charge in [0.25, 0.3) is 5.69 Å². The second-order valence-corrected chi connectivity index (χ2v) is 17.3. The molecule has 6 rings (SSSR count). The van der Waals surface area contributed by atoms with Crippen molar-refractivity contribution in [3.8, 4) is 40.8 Å². The van der Waals surface area contributed by atoms with Gasteiger partial charge in [-0.1, -0.05) is 49.2 Å². The molecule has 0 fully saturated rings. The zero-order valence-electron chi connectivity index (χ0n) is 27.1. The number of anilines is 1. The molecule has 1 aromatic heterocycles. The third kappa shape index (κ3) is 7.13. The van der Waals surface area contributed by atoms with Crippen molar-refractivity contribution in [2.75, 3.05) is 19.0 Å². The molecule has 0 N–H and O–H groups in total. The standard InChI is InChI=1S/C41H33N3O2Si/c1-42(2)35-18-10-30(11-19-35)6-8-33-16-24-40-38(28-33)39-29-34(9-7-31-14-22-37(23-15-31)44(45)46)17-25-41(39)43(40)36-20-12-32(13-21-36)26-27-47(3,4)5/h10-25,28-29H,1-5H3. The number of nitro benzene ring substituents is 1. The van der Waals surface area contributed by atoms with Crippen molar-refractivity contribution < 1.29 is 4.92 Å². The van der Waals surface area contributed by atoms with Crippen LogP contribution in [0.4, 0.5) is 11.4 Å². The maximum Gasteiger partial charge on any atom is 0.269 e. The summed E-state index contributed by atoms with van der Waals surface area (Å²) in [6, 6.07) is 35.5. The minimum atomic E-state index is -1.48. The molecular formula is C41H33N3O2Si. The Kier molecular flexibility index (Phi) is 8.43. The van der Waals surface area contributed by atoms with Crippen molar-refractivity contribution in [1.82, 2.24) is 4.57 Å². The number of rotatable bonds is 3. The van der Waals surface area contributed by atoms with E-state index in [0.717, 1.165) is 55.4 Å². The van der Waals surface area contributed by atoms with Crippen LogP contribution in [0.25, 0.3) is 27.5 Å². The fourth-order valence-corrected chi connectivity index (χ4v) is 5.73. The summed E-state index contributed by atoms with van der Waals surface area (Å²) in [6.07, 6.45) is 0. The Hall–Kier alpha value is -6.00. The first kappa shape index (κ1) is 31.0. The van der Waals surface area contributed by atoms with Crippen LogP contribution in [0.2, 0.25) is 19.6 Å². The maximum atomic E-state index is 11.0. The Balaban J connectivity index is 1.44. The van der Waals surface area contributed by atoms with Crippen molar-refractivity contribution in [3.63, 3.8) is 0 Å². The molecule has 0 atom stereocenters. The van der Waals surface area contributed by atoms with Crippen molar-refractivity contribution in [1.29, 1.82) is 0 Å². The van der Waals surface area contributed by atoms with Crippen LogP contribution in [-0.2, 0) is 0 Å². The van der Waals surface area contributed by atoms with Crippen LogP contribution >= 0.6 is 0 Å². The van der Waals surface area contributed by atoms with Crippen LogP contribution in [0.3, 0.4) is 0 Å². The first-order valence-corrected chi connectivity index (χ1v) is 18.8. The molecule has 0 aliphatic carbocycles. The fraction of sp³-hybridized carbons (Fsp3) is 0.122. The Labute approximate surface area is 276 Å². The summed E-state index contributed by atoms with van der Waals surface area (Å²) in [7, 11) is 2.57. The number of nitrogens with zero attached hydrogens (tertiary/aromatic N) is 3. The van der Waals surface area contributed by atoms with E-state index in [1.807, 2.05) is 32.3 Å². The number of non-ortho nitro benzene ring substituents is 1. The molecule has 0 radical (unpaired) electrons. The highest BCUT2D eigenvalue weighted by molar-refractivity contribution is 6.83. The van der Waals surface area contributed by atoms with Crippen LogP contribution in [0, 0.1) is 45.3 Å². The highest BCUT2D eigenvalue weighted by Gasteiger charge is 2.14. The van der Waals surface area contributed by atoms with E-state index in [1.54, 1.807) is 12.1 Å². The summed E-state index contributed by atoms with van der Waals surface area (Å²) in [6.45, 7) is 6.74. The average Bonchev–Trinajstić information content (AvgIpc) is 3.38. The number of fused-ring (bicyclic) bond motifs is 3. The molecule has 0 saturated heterocycles. The smallest absolute Gasteiger partial charge is 0.269 e. The Morgan fingerprint density at radius 3 is 1.49 bits per heavy atom. The highest BCUT2D eigenvalue weighted by atomic mass is 28.3. The topological polar surface area (TPSA) is 51.3 Å². The van der Waals surface area contributed by atoms with Crippen LogP contribution < -0.4 is 4.90 Å². The number of nitro groups is 1. The van der Waals surface area contributed by atoms with Gasteiger partial charge in [0.1, 0.15) is 8.07 Å². The zero-order valence-corrected chi connectivity index (χ0v) is 28.1. The lowest BCUT2D eigenvalue weighted by molar-refractivity contribution is -0.384. The van der Waals surface area contributed by atoms with Crippen molar-refractivity contribution in [3.05, 3.63) is 147 Å². The number of benzene rings is 5. The third-order valence-electron chi connectivity index (χ3n) is 7.64. The van der Waals surface area contributed by atoms with E-state index in [2.05, 4.69) is 131 Å². The molecule has 5 aromatic carbocycles. The minimum absolute atomic E-state index is 0.0467. The molecule has 6 heteroatoms. The SMILES string of the molecule is CN(C)c1ccc(C#Cc2ccc3c(c2)c2cc(C#Cc4ccc([N+](=O)[O-])cc4)ccc2n3-c2ccc(C#C[Si](C)(C)C)cc2)cc1. The van der Waals surface area contributed by atoms with Gasteiger partial charge in [-0.15, -0.1) is 5.54 Å². The van der Waals surface area contributed by atoms with Gasteiger partial charge < -0.3 is 9.47 Å². The summed E-state index contributed by atoms with van der Waals surface area (Å²) in [5.41, 5.74) is 12.3. The van der Waals surface area contributed by atoms with E-state index in [1.165, 1.54) is 12.1 Å². The minimum Gasteiger partial charge on any atom is -0.378 e. The average molecular weight is 628 g/mol. The molecule has 0 bridgehead atoms. The molecule has 228 valence electrons. The number of aromatic nitrogens is 1. The molecule has 6 aromatic rings. The number of hydrogen-bond acceptors (Lipinski definition) is 3. The van der Waals surface area contributed by atoms with Gasteiger partial charge in [-0.2, -0.15) is 0 Å². The van der Waals surface area contributed by atoms with Gasteiger partial charge in [0.2, 0.25) is 0 Å². The van der Waals surface area contributed by atoms with Crippen molar-refractivity contribution in [2.24, 2.45) is 0 Å². The Bertz CT molecular complexity index is 2330. The van der Waals surface area contributed by atoms with Gasteiger partial charge in [0, 0.05) is 76.2 Å². The molecule has 5 nitrogen and oxygen atoms in total. The van der Waals surface area contributed by atoms with E-state index in [-0.39, 0.29) is 5.69 Å². The third-order valence-corrected chi connectivity index (χ3v) is 8.51. The summed E-state index contributed by atoms with van der Waals surface area (Å²) >= 11 is 0. The predicted molar refractivity (Wildman–Crippen MR) is 197 cm³/mol. The van der Waals surface area contributed by atoms with Gasteiger partial charge in [0.15, 0.2) is 0 Å². The van der Waals surface area contributed by atoms with Crippen LogP contribution in [0.5, 0.6) is 0 Å². The fourth-order valence-electron chi connectivity index (χ4n) is 5.21. The van der Waals surface area contributed by atoms with Gasteiger partial charge in [0.05, 0.1) is 16.0 Å². The molecule has 0 spiro atoms. The summed E-state index contributed by atoms with van der Waals surface area (Å²) in [5.74, 6) is 16.4. The largest absolute Gasteiger partial charge is 0.378 e. The van der Waals surface area contributed by atoms with Crippen LogP contribution in [0.15, 0.2) is 109 Å². The summed E-state index contributed by atoms with van der Waals surface area (Å²) in [4.78, 5) is 12.7. The molecule has 0 saturated carbocycles. The highest BCUT2D eigenvalue weighted by Crippen LogP contribution is 2.33. The van der Waals surface area contributed by atoms with E-state index in [9.17, 15) is 10.1 Å². The van der Waals surface area contributed by atoms with Gasteiger partial charge >= 0.3 is 0 Å². The Morgan fingerprint density at radius 2 is 1.02 bits per heavy atom. The first-order valence-electron chi connectivity index (χ1n) is 15.3. The molecule has 0 aliphatic heterocycles. The van der Waals surface area contributed by atoms with E-state index in [4.69, 9.17) is 0 Å². The monoisotopic (exact) mass is 627 g/mol. The quantitative estimate of drug-likeness (QED) is 0.0853. The van der Waals surface area contributed by atoms with Crippen LogP contribution in [-0.4, -0.2) is 31.7 Å². The molecular weight excluding hydrogens is 595 g/mol. The van der Waals surface area contributed by atoms with Crippen molar-refractivity contribution in [2.45, 2.75) is 19.6 Å². The lowest BCUT2D eigenvalue weighted by atomic mass is 10.1. The van der Waals surface area contributed by atoms with Crippen LogP contribution in [0.1, 0.15) is 27.8 Å². The van der Waals surface area contributed by atoms with Gasteiger partial charge in [-0.05, 0) is 97.1 Å². The van der Waals surface area contributed by atoms with E-state index < -0.39 is 13.0 Å². The van der Waals surface area contributed by atoms with Gasteiger partial charge in [-0.3, -0.25) is 10.1 Å². The zero-order chi connectivity index (χ0) is 33.1. The van der Waals surface area contributed by atoms with Gasteiger partial charge in [-0.25, -0.2) is 0 Å². The molecule has 1 heterocycles. The predicted octanol–water partition coefficient (Wildman–Crippen LogP) is 8.79. The molecule has 47 heavy (non-hydrogen) atoms. The van der Waals surface area contributed by atoms with Crippen molar-refractivity contribution >= 4 is 41.3 Å². The molecule has 0 amide bonds. The van der Waals surface area contributed by atoms with E-state index in [0.29, 0.717) is 5.56 Å². The molecule has 0 unspecified atom stereocenters.